The van der Waals surface area contributed by atoms with Gasteiger partial charge in [0.15, 0.2) is 0 Å². The molecule has 4 heteroatoms. The van der Waals surface area contributed by atoms with Crippen molar-refractivity contribution in [1.29, 1.82) is 0 Å². The van der Waals surface area contributed by atoms with E-state index in [1.165, 1.54) is 25.7 Å². The van der Waals surface area contributed by atoms with Crippen LogP contribution in [0.25, 0.3) is 0 Å². The van der Waals surface area contributed by atoms with Crippen LogP contribution in [0.2, 0.25) is 0 Å². The maximum atomic E-state index is 11.4. The third-order valence-corrected chi connectivity index (χ3v) is 2.93. The van der Waals surface area contributed by atoms with Gasteiger partial charge in [0.05, 0.1) is 6.61 Å². The van der Waals surface area contributed by atoms with Crippen LogP contribution < -0.4 is 11.1 Å². The molecule has 0 aromatic carbocycles. The lowest BCUT2D eigenvalue weighted by molar-refractivity contribution is -0.126. The summed E-state index contributed by atoms with van der Waals surface area (Å²) in [6.45, 7) is 9.03. The average molecular weight is 258 g/mol. The summed E-state index contributed by atoms with van der Waals surface area (Å²) in [5.74, 6) is -0.359. The minimum absolute atomic E-state index is 0.204. The number of nitrogens with one attached hydrogen (secondary N) is 1. The average Bonchev–Trinajstić information content (AvgIpc) is 2.26. The van der Waals surface area contributed by atoms with Crippen molar-refractivity contribution in [3.8, 4) is 0 Å². The highest BCUT2D eigenvalue weighted by Crippen LogP contribution is 2.07. The molecule has 0 bridgehead atoms. The van der Waals surface area contributed by atoms with Gasteiger partial charge in [0.1, 0.15) is 5.54 Å². The normalized spacial score (nSPS) is 14.7. The highest BCUT2D eigenvalue weighted by molar-refractivity contribution is 5.84. The van der Waals surface area contributed by atoms with E-state index in [2.05, 4.69) is 12.2 Å². The summed E-state index contributed by atoms with van der Waals surface area (Å²) in [4.78, 5) is 11.4. The van der Waals surface area contributed by atoms with Gasteiger partial charge in [-0.2, -0.15) is 0 Å². The van der Waals surface area contributed by atoms with Gasteiger partial charge in [-0.3, -0.25) is 10.1 Å². The molecule has 0 aliphatic rings. The fourth-order valence-electron chi connectivity index (χ4n) is 1.91. The van der Waals surface area contributed by atoms with Crippen LogP contribution in [0.4, 0.5) is 0 Å². The van der Waals surface area contributed by atoms with E-state index >= 15 is 0 Å². The van der Waals surface area contributed by atoms with Crippen molar-refractivity contribution < 1.29 is 9.53 Å². The van der Waals surface area contributed by atoms with Gasteiger partial charge in [-0.05, 0) is 27.2 Å². The second kappa shape index (κ2) is 9.34. The van der Waals surface area contributed by atoms with Crippen molar-refractivity contribution in [3.05, 3.63) is 0 Å². The van der Waals surface area contributed by atoms with Crippen molar-refractivity contribution in [2.24, 2.45) is 5.73 Å². The zero-order valence-corrected chi connectivity index (χ0v) is 12.4. The predicted molar refractivity (Wildman–Crippen MR) is 75.4 cm³/mol. The topological polar surface area (TPSA) is 64.3 Å². The standard InChI is InChI=1S/C14H30N2O2/c1-5-6-7-8-9-10-18-11-14(4,13(15)17)16-12(2)3/h12,16H,5-11H2,1-4H3,(H2,15,17). The fraction of sp³-hybridized carbons (Fsp3) is 0.929. The molecule has 0 spiro atoms. The van der Waals surface area contributed by atoms with Crippen LogP contribution in [-0.4, -0.2) is 30.7 Å². The Kier molecular flexibility index (Phi) is 9.02. The van der Waals surface area contributed by atoms with Crippen molar-refractivity contribution in [2.45, 2.75) is 71.4 Å². The Hall–Kier alpha value is -0.610. The fourth-order valence-corrected chi connectivity index (χ4v) is 1.91. The number of ether oxygens (including phenoxy) is 1. The molecule has 3 N–H and O–H groups in total. The van der Waals surface area contributed by atoms with Crippen LogP contribution >= 0.6 is 0 Å². The van der Waals surface area contributed by atoms with Crippen LogP contribution in [0.3, 0.4) is 0 Å². The van der Waals surface area contributed by atoms with Crippen molar-refractivity contribution in [1.82, 2.24) is 5.32 Å². The summed E-state index contributed by atoms with van der Waals surface area (Å²) in [6.07, 6.45) is 6.04. The number of rotatable bonds is 11. The molecule has 0 radical (unpaired) electrons. The number of amides is 1. The number of carbonyl (C=O) groups is 1. The number of hydrogen-bond acceptors (Lipinski definition) is 3. The number of primary amides is 1. The minimum atomic E-state index is -0.766. The zero-order valence-electron chi connectivity index (χ0n) is 12.4. The summed E-state index contributed by atoms with van der Waals surface area (Å²) in [6, 6.07) is 0.204. The quantitative estimate of drug-likeness (QED) is 0.558. The van der Waals surface area contributed by atoms with Gasteiger partial charge in [0, 0.05) is 12.6 Å². The van der Waals surface area contributed by atoms with Gasteiger partial charge in [-0.1, -0.05) is 32.6 Å². The van der Waals surface area contributed by atoms with E-state index in [0.717, 1.165) is 6.42 Å². The largest absolute Gasteiger partial charge is 0.379 e. The maximum Gasteiger partial charge on any atom is 0.239 e. The molecule has 4 nitrogen and oxygen atoms in total. The Bertz CT molecular complexity index is 232. The van der Waals surface area contributed by atoms with E-state index in [0.29, 0.717) is 13.2 Å². The van der Waals surface area contributed by atoms with E-state index in [-0.39, 0.29) is 11.9 Å². The molecule has 108 valence electrons. The van der Waals surface area contributed by atoms with E-state index in [9.17, 15) is 4.79 Å². The maximum absolute atomic E-state index is 11.4. The molecule has 0 aromatic rings. The smallest absolute Gasteiger partial charge is 0.239 e. The van der Waals surface area contributed by atoms with Gasteiger partial charge in [-0.15, -0.1) is 0 Å². The van der Waals surface area contributed by atoms with Crippen molar-refractivity contribution >= 4 is 5.91 Å². The van der Waals surface area contributed by atoms with Crippen LogP contribution in [-0.2, 0) is 9.53 Å². The van der Waals surface area contributed by atoms with Gasteiger partial charge in [0.25, 0.3) is 0 Å². The molecule has 1 atom stereocenters. The molecular weight excluding hydrogens is 228 g/mol. The summed E-state index contributed by atoms with van der Waals surface area (Å²) < 4.78 is 5.58. The molecule has 0 fully saturated rings. The predicted octanol–water partition coefficient (Wildman–Crippen LogP) is 2.22. The first-order valence-corrected chi connectivity index (χ1v) is 7.07. The third-order valence-electron chi connectivity index (χ3n) is 2.93. The summed E-state index contributed by atoms with van der Waals surface area (Å²) in [5, 5.41) is 3.17. The second-order valence-corrected chi connectivity index (χ2v) is 5.46. The molecule has 0 aliphatic heterocycles. The highest BCUT2D eigenvalue weighted by Gasteiger charge is 2.31. The molecule has 0 aromatic heterocycles. The zero-order chi connectivity index (χ0) is 14.0. The second-order valence-electron chi connectivity index (χ2n) is 5.46. The van der Waals surface area contributed by atoms with E-state index in [1.807, 2.05) is 13.8 Å². The number of nitrogens with two attached hydrogens (primary N) is 1. The lowest BCUT2D eigenvalue weighted by atomic mass is 10.0. The first-order chi connectivity index (χ1) is 8.42. The Morgan fingerprint density at radius 1 is 1.28 bits per heavy atom. The minimum Gasteiger partial charge on any atom is -0.379 e. The molecule has 0 rings (SSSR count). The number of hydrogen-bond donors (Lipinski definition) is 2. The van der Waals surface area contributed by atoms with E-state index in [1.54, 1.807) is 6.92 Å². The molecule has 0 heterocycles. The number of unbranched alkanes of at least 4 members (excludes halogenated alkanes) is 4. The molecule has 0 saturated heterocycles. The molecular formula is C14H30N2O2. The molecule has 0 aliphatic carbocycles. The summed E-state index contributed by atoms with van der Waals surface area (Å²) >= 11 is 0. The van der Waals surface area contributed by atoms with Crippen molar-refractivity contribution in [3.63, 3.8) is 0 Å². The molecule has 18 heavy (non-hydrogen) atoms. The first kappa shape index (κ1) is 17.4. The molecule has 1 unspecified atom stereocenters. The highest BCUT2D eigenvalue weighted by atomic mass is 16.5. The van der Waals surface area contributed by atoms with Gasteiger partial charge in [0.2, 0.25) is 5.91 Å². The summed E-state index contributed by atoms with van der Waals surface area (Å²) in [7, 11) is 0. The van der Waals surface area contributed by atoms with E-state index in [4.69, 9.17) is 10.5 Å². The van der Waals surface area contributed by atoms with Crippen LogP contribution in [0.15, 0.2) is 0 Å². The van der Waals surface area contributed by atoms with Crippen LogP contribution in [0.1, 0.15) is 59.8 Å². The van der Waals surface area contributed by atoms with Gasteiger partial charge in [-0.25, -0.2) is 0 Å². The SMILES string of the molecule is CCCCCCCOCC(C)(NC(C)C)C(N)=O. The van der Waals surface area contributed by atoms with Gasteiger partial charge < -0.3 is 10.5 Å². The monoisotopic (exact) mass is 258 g/mol. The van der Waals surface area contributed by atoms with E-state index < -0.39 is 5.54 Å². The van der Waals surface area contributed by atoms with Gasteiger partial charge >= 0.3 is 0 Å². The third kappa shape index (κ3) is 7.67. The summed E-state index contributed by atoms with van der Waals surface area (Å²) in [5.41, 5.74) is 4.65. The number of carbonyl (C=O) groups excluding carboxylic acids is 1. The first-order valence-electron chi connectivity index (χ1n) is 7.07. The Balaban J connectivity index is 3.81. The Labute approximate surface area is 112 Å². The lowest BCUT2D eigenvalue weighted by Crippen LogP contribution is -2.58. The molecule has 1 amide bonds. The Morgan fingerprint density at radius 2 is 1.89 bits per heavy atom. The van der Waals surface area contributed by atoms with Crippen LogP contribution in [0, 0.1) is 0 Å². The Morgan fingerprint density at radius 3 is 2.39 bits per heavy atom. The van der Waals surface area contributed by atoms with Crippen LogP contribution in [0.5, 0.6) is 0 Å². The lowest BCUT2D eigenvalue weighted by Gasteiger charge is -2.29. The van der Waals surface area contributed by atoms with Crippen molar-refractivity contribution in [2.75, 3.05) is 13.2 Å². The molecule has 0 saturated carbocycles.